The van der Waals surface area contributed by atoms with Crippen LogP contribution in [0, 0.1) is 0 Å². The van der Waals surface area contributed by atoms with Gasteiger partial charge in [-0.1, -0.05) is 12.1 Å². The fourth-order valence-electron chi connectivity index (χ4n) is 1.48. The number of aromatic hydroxyl groups is 1. The van der Waals surface area contributed by atoms with E-state index in [0.29, 0.717) is 6.54 Å². The normalized spacial score (nSPS) is 10.3. The predicted molar refractivity (Wildman–Crippen MR) is 65.6 cm³/mol. The summed E-state index contributed by atoms with van der Waals surface area (Å²) in [6, 6.07) is 10.1. The molecule has 0 bridgehead atoms. The molecule has 0 amide bonds. The second-order valence-electron chi connectivity index (χ2n) is 3.48. The monoisotopic (exact) mass is 279 g/mol. The summed E-state index contributed by atoms with van der Waals surface area (Å²) in [6.45, 7) is 0.451. The highest BCUT2D eigenvalue weighted by atomic mass is 79.9. The summed E-state index contributed by atoms with van der Waals surface area (Å²) in [7, 11) is 0. The van der Waals surface area contributed by atoms with Crippen molar-refractivity contribution in [3.8, 4) is 5.75 Å². The Morgan fingerprint density at radius 2 is 2.06 bits per heavy atom. The first-order valence-electron chi connectivity index (χ1n) is 4.79. The molecule has 0 saturated carbocycles. The molecule has 0 radical (unpaired) electrons. The molecule has 0 aliphatic rings. The Labute approximate surface area is 101 Å². The van der Waals surface area contributed by atoms with E-state index in [4.69, 9.17) is 0 Å². The van der Waals surface area contributed by atoms with E-state index in [1.54, 1.807) is 35.0 Å². The third-order valence-electron chi connectivity index (χ3n) is 2.21. The van der Waals surface area contributed by atoms with Crippen LogP contribution in [0.3, 0.4) is 0 Å². The maximum atomic E-state index is 11.5. The minimum atomic E-state index is -0.0634. The number of phenols is 1. The largest absolute Gasteiger partial charge is 0.508 e. The zero-order valence-electron chi connectivity index (χ0n) is 8.43. The van der Waals surface area contributed by atoms with Crippen molar-refractivity contribution in [2.75, 3.05) is 0 Å². The van der Waals surface area contributed by atoms with Crippen molar-refractivity contribution < 1.29 is 5.11 Å². The van der Waals surface area contributed by atoms with Crippen LogP contribution in [0.1, 0.15) is 5.56 Å². The number of aromatic nitrogens is 1. The van der Waals surface area contributed by atoms with Crippen LogP contribution in [0.15, 0.2) is 51.9 Å². The second kappa shape index (κ2) is 4.53. The first-order valence-corrected chi connectivity index (χ1v) is 5.58. The Balaban J connectivity index is 2.34. The van der Waals surface area contributed by atoms with Crippen LogP contribution in [0.4, 0.5) is 0 Å². The van der Waals surface area contributed by atoms with Crippen molar-refractivity contribution >= 4 is 15.9 Å². The molecule has 0 fully saturated rings. The summed E-state index contributed by atoms with van der Waals surface area (Å²) in [5.41, 5.74) is 0.826. The van der Waals surface area contributed by atoms with Crippen LogP contribution >= 0.6 is 15.9 Å². The topological polar surface area (TPSA) is 42.2 Å². The zero-order chi connectivity index (χ0) is 11.5. The Kier molecular flexibility index (Phi) is 3.10. The lowest BCUT2D eigenvalue weighted by molar-refractivity contribution is 0.474. The highest BCUT2D eigenvalue weighted by Crippen LogP contribution is 2.12. The summed E-state index contributed by atoms with van der Waals surface area (Å²) in [6.07, 6.45) is 1.73. The molecule has 1 aromatic heterocycles. The highest BCUT2D eigenvalue weighted by Gasteiger charge is 1.99. The summed E-state index contributed by atoms with van der Waals surface area (Å²) in [4.78, 5) is 11.5. The van der Waals surface area contributed by atoms with Crippen LogP contribution in [-0.4, -0.2) is 9.67 Å². The third-order valence-corrected chi connectivity index (χ3v) is 2.68. The van der Waals surface area contributed by atoms with E-state index in [0.717, 1.165) is 10.0 Å². The molecule has 1 heterocycles. The summed E-state index contributed by atoms with van der Waals surface area (Å²) in [5, 5.41) is 9.32. The average Bonchev–Trinajstić information content (AvgIpc) is 2.24. The first kappa shape index (κ1) is 11.0. The maximum Gasteiger partial charge on any atom is 0.250 e. The fourth-order valence-corrected chi connectivity index (χ4v) is 1.86. The van der Waals surface area contributed by atoms with Gasteiger partial charge in [-0.05, 0) is 39.7 Å². The molecule has 0 aliphatic carbocycles. The van der Waals surface area contributed by atoms with Gasteiger partial charge in [0.2, 0.25) is 0 Å². The molecule has 0 saturated heterocycles. The number of hydrogen-bond donors (Lipinski definition) is 1. The molecule has 1 aromatic carbocycles. The third kappa shape index (κ3) is 2.52. The highest BCUT2D eigenvalue weighted by molar-refractivity contribution is 9.10. The van der Waals surface area contributed by atoms with Crippen LogP contribution in [-0.2, 0) is 6.54 Å². The smallest absolute Gasteiger partial charge is 0.250 e. The lowest BCUT2D eigenvalue weighted by atomic mass is 10.2. The van der Waals surface area contributed by atoms with Crippen LogP contribution < -0.4 is 5.56 Å². The quantitative estimate of drug-likeness (QED) is 0.917. The van der Waals surface area contributed by atoms with Crippen LogP contribution in [0.2, 0.25) is 0 Å². The number of pyridine rings is 1. The molecule has 0 unspecified atom stereocenters. The summed E-state index contributed by atoms with van der Waals surface area (Å²) in [5.74, 6) is 0.209. The van der Waals surface area contributed by atoms with Gasteiger partial charge in [0.1, 0.15) is 5.75 Å². The lowest BCUT2D eigenvalue weighted by Crippen LogP contribution is -2.18. The van der Waals surface area contributed by atoms with Crippen molar-refractivity contribution in [2.24, 2.45) is 0 Å². The van der Waals surface area contributed by atoms with Gasteiger partial charge in [-0.3, -0.25) is 4.79 Å². The van der Waals surface area contributed by atoms with Gasteiger partial charge in [-0.2, -0.15) is 0 Å². The van der Waals surface area contributed by atoms with Gasteiger partial charge < -0.3 is 9.67 Å². The molecule has 3 nitrogen and oxygen atoms in total. The number of halogens is 1. The number of benzene rings is 1. The van der Waals surface area contributed by atoms with E-state index in [2.05, 4.69) is 15.9 Å². The zero-order valence-corrected chi connectivity index (χ0v) is 10.0. The average molecular weight is 280 g/mol. The molecule has 1 N–H and O–H groups in total. The molecule has 0 atom stereocenters. The van der Waals surface area contributed by atoms with Crippen molar-refractivity contribution in [3.63, 3.8) is 0 Å². The molecule has 4 heteroatoms. The van der Waals surface area contributed by atoms with Crippen molar-refractivity contribution in [2.45, 2.75) is 6.54 Å². The van der Waals surface area contributed by atoms with Gasteiger partial charge in [0.05, 0.1) is 6.54 Å². The predicted octanol–water partition coefficient (Wildman–Crippen LogP) is 2.36. The van der Waals surface area contributed by atoms with Gasteiger partial charge in [-0.25, -0.2) is 0 Å². The van der Waals surface area contributed by atoms with E-state index < -0.39 is 0 Å². The van der Waals surface area contributed by atoms with Crippen LogP contribution in [0.25, 0.3) is 0 Å². The minimum Gasteiger partial charge on any atom is -0.508 e. The molecule has 2 rings (SSSR count). The summed E-state index contributed by atoms with van der Waals surface area (Å²) >= 11 is 3.32. The van der Waals surface area contributed by atoms with E-state index in [1.165, 1.54) is 6.07 Å². The van der Waals surface area contributed by atoms with Crippen molar-refractivity contribution in [1.82, 2.24) is 4.57 Å². The molecule has 16 heavy (non-hydrogen) atoms. The molecule has 2 aromatic rings. The van der Waals surface area contributed by atoms with Gasteiger partial charge >= 0.3 is 0 Å². The van der Waals surface area contributed by atoms with Gasteiger partial charge in [-0.15, -0.1) is 0 Å². The van der Waals surface area contributed by atoms with E-state index >= 15 is 0 Å². The molecule has 82 valence electrons. The number of hydrogen-bond acceptors (Lipinski definition) is 2. The number of phenolic OH excluding ortho intramolecular Hbond substituents is 1. The SMILES string of the molecule is O=c1ccc(Br)cn1Cc1cccc(O)c1. The van der Waals surface area contributed by atoms with Gasteiger partial charge in [0, 0.05) is 16.7 Å². The van der Waals surface area contributed by atoms with E-state index in [9.17, 15) is 9.90 Å². The molecule has 0 aliphatic heterocycles. The standard InChI is InChI=1S/C12H10BrNO2/c13-10-4-5-12(16)14(8-10)7-9-2-1-3-11(15)6-9/h1-6,8,15H,7H2. The fraction of sp³-hybridized carbons (Fsp3) is 0.0833. The summed E-state index contributed by atoms with van der Waals surface area (Å²) < 4.78 is 2.44. The Bertz CT molecular complexity index is 563. The lowest BCUT2D eigenvalue weighted by Gasteiger charge is -2.06. The van der Waals surface area contributed by atoms with Gasteiger partial charge in [0.15, 0.2) is 0 Å². The molecular weight excluding hydrogens is 270 g/mol. The Hall–Kier alpha value is -1.55. The Morgan fingerprint density at radius 1 is 1.25 bits per heavy atom. The number of nitrogens with zero attached hydrogens (tertiary/aromatic N) is 1. The van der Waals surface area contributed by atoms with Gasteiger partial charge in [0.25, 0.3) is 5.56 Å². The number of rotatable bonds is 2. The Morgan fingerprint density at radius 3 is 2.81 bits per heavy atom. The van der Waals surface area contributed by atoms with Crippen molar-refractivity contribution in [1.29, 1.82) is 0 Å². The minimum absolute atomic E-state index is 0.0634. The first-order chi connectivity index (χ1) is 7.65. The maximum absolute atomic E-state index is 11.5. The van der Waals surface area contributed by atoms with E-state index in [1.807, 2.05) is 6.07 Å². The van der Waals surface area contributed by atoms with E-state index in [-0.39, 0.29) is 11.3 Å². The van der Waals surface area contributed by atoms with Crippen LogP contribution in [0.5, 0.6) is 5.75 Å². The second-order valence-corrected chi connectivity index (χ2v) is 4.40. The van der Waals surface area contributed by atoms with Crippen molar-refractivity contribution in [3.05, 3.63) is 63.0 Å². The molecular formula is C12H10BrNO2. The molecule has 0 spiro atoms.